The molecule has 0 atom stereocenters. The van der Waals surface area contributed by atoms with Crippen LogP contribution in [0, 0.1) is 0 Å². The maximum absolute atomic E-state index is 11.6. The van der Waals surface area contributed by atoms with E-state index in [4.69, 9.17) is 5.73 Å². The highest BCUT2D eigenvalue weighted by atomic mass is 32.2. The van der Waals surface area contributed by atoms with Crippen molar-refractivity contribution in [3.8, 4) is 0 Å². The molecule has 3 rings (SSSR count). The van der Waals surface area contributed by atoms with Crippen molar-refractivity contribution in [3.05, 3.63) is 19.0 Å². The zero-order valence-corrected chi connectivity index (χ0v) is 12.3. The van der Waals surface area contributed by atoms with Crippen molar-refractivity contribution in [2.75, 3.05) is 18.8 Å². The van der Waals surface area contributed by atoms with Gasteiger partial charge in [0, 0.05) is 18.3 Å². The molecule has 21 heavy (non-hydrogen) atoms. The number of nitrogens with zero attached hydrogens (tertiary/aromatic N) is 4. The summed E-state index contributed by atoms with van der Waals surface area (Å²) in [6.45, 7) is 5.01. The van der Waals surface area contributed by atoms with Crippen LogP contribution in [-0.4, -0.2) is 49.3 Å². The van der Waals surface area contributed by atoms with Gasteiger partial charge in [0.1, 0.15) is 17.2 Å². The number of thioether (sulfide) groups is 1. The number of nitrogens with one attached hydrogen (secondary N) is 1. The van der Waals surface area contributed by atoms with Gasteiger partial charge in [-0.2, -0.15) is 5.10 Å². The lowest BCUT2D eigenvalue weighted by atomic mass is 10.1. The fourth-order valence-electron chi connectivity index (χ4n) is 2.42. The van der Waals surface area contributed by atoms with Crippen LogP contribution in [-0.2, 0) is 4.79 Å². The molecular formula is C13H16N6OS. The molecule has 0 aliphatic carbocycles. The first-order valence-electron chi connectivity index (χ1n) is 6.71. The third kappa shape index (κ3) is 2.71. The van der Waals surface area contributed by atoms with Gasteiger partial charge in [-0.05, 0) is 18.9 Å². The van der Waals surface area contributed by atoms with E-state index in [0.29, 0.717) is 16.7 Å². The van der Waals surface area contributed by atoms with Gasteiger partial charge in [0.2, 0.25) is 5.91 Å². The Balaban J connectivity index is 1.70. The molecule has 0 saturated carbocycles. The fourth-order valence-corrected chi connectivity index (χ4v) is 3.60. The number of anilines is 1. The second kappa shape index (κ2) is 5.72. The number of hydrogen-bond donors (Lipinski definition) is 2. The van der Waals surface area contributed by atoms with Crippen molar-refractivity contribution in [2.45, 2.75) is 23.1 Å². The van der Waals surface area contributed by atoms with E-state index in [-0.39, 0.29) is 5.91 Å². The summed E-state index contributed by atoms with van der Waals surface area (Å²) in [5, 5.41) is 9.18. The summed E-state index contributed by atoms with van der Waals surface area (Å²) < 4.78 is 0. The first kappa shape index (κ1) is 13.9. The molecule has 1 aliphatic rings. The van der Waals surface area contributed by atoms with Gasteiger partial charge in [0.05, 0.1) is 5.39 Å². The predicted octanol–water partition coefficient (Wildman–Crippen LogP) is 1.20. The Morgan fingerprint density at radius 3 is 2.95 bits per heavy atom. The number of likely N-dealkylation sites (tertiary alicyclic amines) is 1. The van der Waals surface area contributed by atoms with E-state index in [1.807, 2.05) is 4.90 Å². The summed E-state index contributed by atoms with van der Waals surface area (Å²) >= 11 is 1.67. The Morgan fingerprint density at radius 1 is 1.48 bits per heavy atom. The highest BCUT2D eigenvalue weighted by Gasteiger charge is 2.24. The Morgan fingerprint density at radius 2 is 2.24 bits per heavy atom. The topological polar surface area (TPSA) is 101 Å². The van der Waals surface area contributed by atoms with Gasteiger partial charge in [0.25, 0.3) is 0 Å². The average Bonchev–Trinajstić information content (AvgIpc) is 2.92. The third-order valence-electron chi connectivity index (χ3n) is 3.56. The molecule has 0 aromatic carbocycles. The van der Waals surface area contributed by atoms with Crippen LogP contribution >= 0.6 is 11.8 Å². The molecule has 2 aromatic rings. The number of aromatic amines is 1. The first-order chi connectivity index (χ1) is 10.2. The molecular weight excluding hydrogens is 288 g/mol. The van der Waals surface area contributed by atoms with Gasteiger partial charge in [-0.3, -0.25) is 9.89 Å². The van der Waals surface area contributed by atoms with Crippen molar-refractivity contribution < 1.29 is 4.79 Å². The minimum atomic E-state index is 0.00122. The van der Waals surface area contributed by atoms with E-state index in [9.17, 15) is 4.79 Å². The molecule has 0 radical (unpaired) electrons. The number of carbonyl (C=O) groups excluding carboxylic acids is 1. The Labute approximate surface area is 126 Å². The monoisotopic (exact) mass is 304 g/mol. The van der Waals surface area contributed by atoms with Gasteiger partial charge in [-0.15, -0.1) is 11.8 Å². The zero-order valence-electron chi connectivity index (χ0n) is 11.5. The molecule has 3 N–H and O–H groups in total. The number of hydrogen-bond acceptors (Lipinski definition) is 6. The van der Waals surface area contributed by atoms with E-state index in [2.05, 4.69) is 26.7 Å². The molecule has 1 fully saturated rings. The van der Waals surface area contributed by atoms with Gasteiger partial charge in [-0.1, -0.05) is 6.58 Å². The quantitative estimate of drug-likeness (QED) is 0.826. The van der Waals surface area contributed by atoms with Crippen LogP contribution in [0.3, 0.4) is 0 Å². The second-order valence-electron chi connectivity index (χ2n) is 4.86. The molecule has 1 saturated heterocycles. The maximum Gasteiger partial charge on any atom is 0.245 e. The lowest BCUT2D eigenvalue weighted by Gasteiger charge is -2.30. The van der Waals surface area contributed by atoms with Crippen LogP contribution in [0.1, 0.15) is 12.8 Å². The van der Waals surface area contributed by atoms with Crippen molar-refractivity contribution in [1.82, 2.24) is 25.1 Å². The summed E-state index contributed by atoms with van der Waals surface area (Å²) in [6, 6.07) is 0. The summed E-state index contributed by atoms with van der Waals surface area (Å²) in [6.07, 6.45) is 4.63. The van der Waals surface area contributed by atoms with Gasteiger partial charge in [-0.25, -0.2) is 9.97 Å². The molecule has 110 valence electrons. The minimum absolute atomic E-state index is 0.00122. The van der Waals surface area contributed by atoms with Gasteiger partial charge >= 0.3 is 0 Å². The van der Waals surface area contributed by atoms with Crippen LogP contribution in [0.25, 0.3) is 11.0 Å². The van der Waals surface area contributed by atoms with E-state index < -0.39 is 0 Å². The fraction of sp³-hybridized carbons (Fsp3) is 0.385. The average molecular weight is 304 g/mol. The molecule has 7 nitrogen and oxygen atoms in total. The molecule has 3 heterocycles. The van der Waals surface area contributed by atoms with Crippen LogP contribution < -0.4 is 5.73 Å². The van der Waals surface area contributed by atoms with Crippen LogP contribution in [0.4, 0.5) is 5.82 Å². The highest BCUT2D eigenvalue weighted by molar-refractivity contribution is 8.00. The highest BCUT2D eigenvalue weighted by Crippen LogP contribution is 2.34. The largest absolute Gasteiger partial charge is 0.383 e. The van der Waals surface area contributed by atoms with Crippen LogP contribution in [0.5, 0.6) is 0 Å². The van der Waals surface area contributed by atoms with Crippen LogP contribution in [0.2, 0.25) is 0 Å². The maximum atomic E-state index is 11.6. The number of piperidine rings is 1. The second-order valence-corrected chi connectivity index (χ2v) is 6.15. The molecule has 1 amide bonds. The third-order valence-corrected chi connectivity index (χ3v) is 4.88. The van der Waals surface area contributed by atoms with Crippen LogP contribution in [0.15, 0.2) is 24.0 Å². The number of nitrogen functional groups attached to an aromatic ring is 1. The SMILES string of the molecule is C=CC(=O)N1CCC(Sc2n[nH]c3ncnc(N)c23)CC1. The molecule has 8 heteroatoms. The summed E-state index contributed by atoms with van der Waals surface area (Å²) in [7, 11) is 0. The number of amides is 1. The van der Waals surface area contributed by atoms with Gasteiger partial charge < -0.3 is 10.6 Å². The summed E-state index contributed by atoms with van der Waals surface area (Å²) in [5.74, 6) is 0.442. The van der Waals surface area contributed by atoms with Crippen molar-refractivity contribution in [1.29, 1.82) is 0 Å². The van der Waals surface area contributed by atoms with Crippen molar-refractivity contribution in [2.24, 2.45) is 0 Å². The van der Waals surface area contributed by atoms with Crippen molar-refractivity contribution >= 4 is 34.5 Å². The van der Waals surface area contributed by atoms with E-state index in [1.54, 1.807) is 11.8 Å². The Kier molecular flexibility index (Phi) is 3.78. The summed E-state index contributed by atoms with van der Waals surface area (Å²) in [5.41, 5.74) is 6.55. The molecule has 0 spiro atoms. The number of rotatable bonds is 3. The van der Waals surface area contributed by atoms with Gasteiger partial charge in [0.15, 0.2) is 5.65 Å². The number of nitrogens with two attached hydrogens (primary N) is 1. The smallest absolute Gasteiger partial charge is 0.245 e. The molecule has 0 unspecified atom stereocenters. The molecule has 1 aliphatic heterocycles. The Bertz CT molecular complexity index is 676. The zero-order chi connectivity index (χ0) is 14.8. The minimum Gasteiger partial charge on any atom is -0.383 e. The van der Waals surface area contributed by atoms with Crippen molar-refractivity contribution in [3.63, 3.8) is 0 Å². The Hall–Kier alpha value is -2.09. The number of fused-ring (bicyclic) bond motifs is 1. The van der Waals surface area contributed by atoms with E-state index in [1.165, 1.54) is 12.4 Å². The lowest BCUT2D eigenvalue weighted by Crippen LogP contribution is -2.38. The lowest BCUT2D eigenvalue weighted by molar-refractivity contribution is -0.126. The van der Waals surface area contributed by atoms with E-state index in [0.717, 1.165) is 36.3 Å². The first-order valence-corrected chi connectivity index (χ1v) is 7.59. The standard InChI is InChI=1S/C13H16N6OS/c1-2-9(20)19-5-3-8(4-6-19)21-13-10-11(14)15-7-16-12(10)17-18-13/h2,7-8H,1,3-6H2,(H3,14,15,16,17,18). The number of H-pyrrole nitrogens is 1. The molecule has 2 aromatic heterocycles. The number of aromatic nitrogens is 4. The van der Waals surface area contributed by atoms with E-state index >= 15 is 0 Å². The number of carbonyl (C=O) groups is 1. The normalized spacial score (nSPS) is 16.3. The summed E-state index contributed by atoms with van der Waals surface area (Å²) in [4.78, 5) is 21.5. The predicted molar refractivity (Wildman–Crippen MR) is 81.8 cm³/mol. The molecule has 0 bridgehead atoms.